The number of benzene rings is 3. The Kier molecular flexibility index (Phi) is 8.73. The Bertz CT molecular complexity index is 1410. The maximum atomic E-state index is 13.0. The maximum Gasteiger partial charge on any atom is 0.387 e. The summed E-state index contributed by atoms with van der Waals surface area (Å²) in [6.07, 6.45) is 0.939. The van der Waals surface area contributed by atoms with E-state index in [2.05, 4.69) is 24.7 Å². The number of nitro benzene ring substituents is 1. The van der Waals surface area contributed by atoms with Gasteiger partial charge in [0.05, 0.1) is 16.8 Å². The van der Waals surface area contributed by atoms with Crippen LogP contribution in [0.15, 0.2) is 70.7 Å². The molecule has 0 amide bonds. The first kappa shape index (κ1) is 27.5. The van der Waals surface area contributed by atoms with Gasteiger partial charge in [0.25, 0.3) is 15.7 Å². The van der Waals surface area contributed by atoms with Gasteiger partial charge in [-0.1, -0.05) is 11.6 Å². The zero-order valence-electron chi connectivity index (χ0n) is 18.1. The first-order valence-electron chi connectivity index (χ1n) is 9.84. The summed E-state index contributed by atoms with van der Waals surface area (Å²) in [5.41, 5.74) is 1.63. The fourth-order valence-corrected chi connectivity index (χ4v) is 4.20. The third-order valence-electron chi connectivity index (χ3n) is 4.38. The molecule has 0 aliphatic heterocycles. The lowest BCUT2D eigenvalue weighted by Crippen LogP contribution is -2.15. The van der Waals surface area contributed by atoms with Gasteiger partial charge in [0.1, 0.15) is 16.4 Å². The monoisotopic (exact) mass is 562 g/mol. The number of nitrogens with zero attached hydrogens (tertiary/aromatic N) is 2. The lowest BCUT2D eigenvalue weighted by atomic mass is 10.2. The van der Waals surface area contributed by atoms with Crippen LogP contribution in [-0.2, 0) is 10.0 Å². The molecule has 0 spiro atoms. The molecule has 37 heavy (non-hydrogen) atoms. The fraction of sp³-hybridized carbons (Fsp3) is 0.0952. The zero-order chi connectivity index (χ0) is 27.2. The van der Waals surface area contributed by atoms with E-state index in [4.69, 9.17) is 11.6 Å². The van der Waals surface area contributed by atoms with Gasteiger partial charge in [0, 0.05) is 34.5 Å². The lowest BCUT2D eigenvalue weighted by molar-refractivity contribution is -0.385. The van der Waals surface area contributed by atoms with Crippen molar-refractivity contribution in [2.24, 2.45) is 5.10 Å². The van der Waals surface area contributed by atoms with Crippen molar-refractivity contribution in [3.63, 3.8) is 0 Å². The van der Waals surface area contributed by atoms with Gasteiger partial charge in [-0.25, -0.2) is 8.42 Å². The lowest BCUT2D eigenvalue weighted by Gasteiger charge is -2.13. The molecule has 0 saturated heterocycles. The Hall–Kier alpha value is -4.11. The molecule has 0 fully saturated rings. The number of rotatable bonds is 11. The predicted octanol–water partition coefficient (Wildman–Crippen LogP) is 5.70. The van der Waals surface area contributed by atoms with Crippen LogP contribution in [-0.4, -0.2) is 32.8 Å². The number of nitrogens with one attached hydrogen (secondary N) is 2. The third-order valence-corrected chi connectivity index (χ3v) is 6.05. The number of halogens is 5. The predicted molar refractivity (Wildman–Crippen MR) is 126 cm³/mol. The molecule has 0 radical (unpaired) electrons. The molecule has 0 heterocycles. The summed E-state index contributed by atoms with van der Waals surface area (Å²) < 4.78 is 87.0. The molecule has 0 aliphatic rings. The number of sulfonamides is 1. The van der Waals surface area contributed by atoms with Gasteiger partial charge < -0.3 is 9.47 Å². The molecule has 2 N–H and O–H groups in total. The molecule has 196 valence electrons. The van der Waals surface area contributed by atoms with Crippen LogP contribution >= 0.6 is 11.6 Å². The summed E-state index contributed by atoms with van der Waals surface area (Å²) in [5.74, 6) is -1.01. The van der Waals surface area contributed by atoms with Crippen molar-refractivity contribution in [1.29, 1.82) is 0 Å². The molecular weight excluding hydrogens is 548 g/mol. The smallest absolute Gasteiger partial charge is 0.387 e. The van der Waals surface area contributed by atoms with E-state index in [-0.39, 0.29) is 16.9 Å². The first-order valence-corrected chi connectivity index (χ1v) is 11.7. The van der Waals surface area contributed by atoms with Crippen LogP contribution in [0.2, 0.25) is 5.02 Å². The van der Waals surface area contributed by atoms with Crippen molar-refractivity contribution in [2.75, 3.05) is 10.1 Å². The fourth-order valence-electron chi connectivity index (χ4n) is 2.83. The van der Waals surface area contributed by atoms with Crippen LogP contribution in [0.25, 0.3) is 0 Å². The van der Waals surface area contributed by atoms with Gasteiger partial charge in [0.2, 0.25) is 0 Å². The minimum atomic E-state index is -4.39. The summed E-state index contributed by atoms with van der Waals surface area (Å²) in [6.45, 7) is -6.50. The quantitative estimate of drug-likeness (QED) is 0.133. The number of ether oxygens (including phenoxy) is 2. The Labute approximate surface area is 211 Å². The second kappa shape index (κ2) is 11.7. The normalized spacial score (nSPS) is 11.6. The van der Waals surface area contributed by atoms with Gasteiger partial charge in [-0.15, -0.1) is 0 Å². The van der Waals surface area contributed by atoms with Crippen molar-refractivity contribution in [3.05, 3.63) is 81.4 Å². The average molecular weight is 563 g/mol. The largest absolute Gasteiger partial charge is 0.435 e. The van der Waals surface area contributed by atoms with Crippen molar-refractivity contribution in [1.82, 2.24) is 0 Å². The Morgan fingerprint density at radius 2 is 1.65 bits per heavy atom. The van der Waals surface area contributed by atoms with E-state index in [1.165, 1.54) is 24.3 Å². The summed E-state index contributed by atoms with van der Waals surface area (Å²) in [5, 5.41) is 15.3. The van der Waals surface area contributed by atoms with E-state index in [1.54, 1.807) is 0 Å². The van der Waals surface area contributed by atoms with Crippen molar-refractivity contribution in [3.8, 4) is 11.5 Å². The molecule has 3 aromatic rings. The second-order valence-corrected chi connectivity index (χ2v) is 8.96. The van der Waals surface area contributed by atoms with Gasteiger partial charge in [-0.2, -0.15) is 22.7 Å². The number of hydrazone groups is 1. The highest BCUT2D eigenvalue weighted by Crippen LogP contribution is 2.30. The third kappa shape index (κ3) is 7.68. The Morgan fingerprint density at radius 3 is 2.27 bits per heavy atom. The zero-order valence-corrected chi connectivity index (χ0v) is 19.7. The van der Waals surface area contributed by atoms with Crippen LogP contribution in [0, 0.1) is 10.1 Å². The van der Waals surface area contributed by atoms with E-state index in [9.17, 15) is 36.1 Å². The summed E-state index contributed by atoms with van der Waals surface area (Å²) >= 11 is 5.79. The van der Waals surface area contributed by atoms with Gasteiger partial charge in [-0.05, 0) is 42.5 Å². The van der Waals surface area contributed by atoms with E-state index < -0.39 is 50.3 Å². The Morgan fingerprint density at radius 1 is 0.973 bits per heavy atom. The molecule has 0 atom stereocenters. The number of non-ortho nitro benzene ring substituents is 1. The number of hydrogen-bond donors (Lipinski definition) is 2. The number of alkyl halides is 4. The molecular formula is C21H15ClF4N4O6S. The van der Waals surface area contributed by atoms with E-state index in [1.807, 2.05) is 0 Å². The first-order chi connectivity index (χ1) is 17.4. The van der Waals surface area contributed by atoms with Gasteiger partial charge >= 0.3 is 13.2 Å². The summed E-state index contributed by atoms with van der Waals surface area (Å²) in [7, 11) is -4.39. The molecule has 0 unspecified atom stereocenters. The maximum absolute atomic E-state index is 13.0. The molecule has 3 rings (SSSR count). The van der Waals surface area contributed by atoms with Crippen LogP contribution in [0.3, 0.4) is 0 Å². The highest BCUT2D eigenvalue weighted by atomic mass is 35.5. The molecule has 16 heteroatoms. The van der Waals surface area contributed by atoms with Gasteiger partial charge in [0.15, 0.2) is 0 Å². The van der Waals surface area contributed by atoms with E-state index in [0.29, 0.717) is 5.02 Å². The van der Waals surface area contributed by atoms with Crippen LogP contribution in [0.5, 0.6) is 11.5 Å². The highest BCUT2D eigenvalue weighted by Gasteiger charge is 2.23. The Balaban J connectivity index is 1.92. The average Bonchev–Trinajstić information content (AvgIpc) is 2.81. The molecule has 3 aromatic carbocycles. The second-order valence-electron chi connectivity index (χ2n) is 6.88. The standard InChI is InChI=1S/C21H15ClF4N4O6S/c22-13-2-4-14(5-3-13)29-37(33,34)19-9-15(30(31)32)6-8-17(19)28-27-11-12-1-7-16(35-20(23)24)10-18(12)36-21(25)26/h1-11,20-21,28-29H. The van der Waals surface area contributed by atoms with Crippen LogP contribution < -0.4 is 19.6 Å². The van der Waals surface area contributed by atoms with E-state index in [0.717, 1.165) is 42.6 Å². The minimum Gasteiger partial charge on any atom is -0.435 e. The number of nitro groups is 1. The number of hydrogen-bond acceptors (Lipinski definition) is 8. The van der Waals surface area contributed by atoms with Crippen molar-refractivity contribution in [2.45, 2.75) is 18.1 Å². The SMILES string of the molecule is O=[N+]([O-])c1ccc(NN=Cc2ccc(OC(F)F)cc2OC(F)F)c(S(=O)(=O)Nc2ccc(Cl)cc2)c1. The minimum absolute atomic E-state index is 0.111. The number of anilines is 2. The van der Waals surface area contributed by atoms with Crippen LogP contribution in [0.4, 0.5) is 34.6 Å². The van der Waals surface area contributed by atoms with Crippen molar-refractivity contribution < 1.29 is 40.4 Å². The highest BCUT2D eigenvalue weighted by molar-refractivity contribution is 7.92. The molecule has 0 bridgehead atoms. The van der Waals surface area contributed by atoms with Gasteiger partial charge in [-0.3, -0.25) is 20.3 Å². The molecule has 0 aromatic heterocycles. The topological polar surface area (TPSA) is 132 Å². The van der Waals surface area contributed by atoms with Crippen LogP contribution in [0.1, 0.15) is 5.56 Å². The molecule has 10 nitrogen and oxygen atoms in total. The summed E-state index contributed by atoms with van der Waals surface area (Å²) in [6, 6.07) is 11.4. The molecule has 0 aliphatic carbocycles. The molecule has 0 saturated carbocycles. The van der Waals surface area contributed by atoms with E-state index >= 15 is 0 Å². The van der Waals surface area contributed by atoms with Crippen molar-refractivity contribution >= 4 is 44.9 Å². The summed E-state index contributed by atoms with van der Waals surface area (Å²) in [4.78, 5) is 9.84.